The van der Waals surface area contributed by atoms with Gasteiger partial charge in [-0.25, -0.2) is 0 Å². The lowest BCUT2D eigenvalue weighted by molar-refractivity contribution is 0.164. The fraction of sp³-hybridized carbons (Fsp3) is 0.889. The molecule has 1 rings (SSSR count). The van der Waals surface area contributed by atoms with Crippen LogP contribution >= 0.6 is 0 Å². The highest BCUT2D eigenvalue weighted by Crippen LogP contribution is 2.19. The van der Waals surface area contributed by atoms with E-state index in [1.165, 1.54) is 0 Å². The average Bonchev–Trinajstić information content (AvgIpc) is 2.04. The van der Waals surface area contributed by atoms with Crippen molar-refractivity contribution in [2.45, 2.75) is 46.3 Å². The SMILES string of the molecule is CC(C)=NN1CC(C)NC1(C)C. The number of hydrogen-bond donors (Lipinski definition) is 1. The van der Waals surface area contributed by atoms with E-state index in [1.54, 1.807) is 0 Å². The molecule has 1 N–H and O–H groups in total. The first-order chi connectivity index (χ1) is 5.42. The van der Waals surface area contributed by atoms with Crippen molar-refractivity contribution in [3.63, 3.8) is 0 Å². The third-order valence-corrected chi connectivity index (χ3v) is 2.01. The number of nitrogens with zero attached hydrogens (tertiary/aromatic N) is 2. The topological polar surface area (TPSA) is 27.6 Å². The molecule has 0 saturated carbocycles. The molecule has 0 aromatic carbocycles. The summed E-state index contributed by atoms with van der Waals surface area (Å²) in [5.41, 5.74) is 1.12. The molecule has 1 aliphatic rings. The van der Waals surface area contributed by atoms with Gasteiger partial charge in [-0.1, -0.05) is 0 Å². The third-order valence-electron chi connectivity index (χ3n) is 2.01. The number of rotatable bonds is 1. The highest BCUT2D eigenvalue weighted by molar-refractivity contribution is 5.78. The van der Waals surface area contributed by atoms with Crippen LogP contribution in [0.15, 0.2) is 5.10 Å². The second kappa shape index (κ2) is 3.05. The second-order valence-electron chi connectivity index (χ2n) is 4.23. The minimum Gasteiger partial charge on any atom is -0.290 e. The molecule has 0 aliphatic carbocycles. The molecule has 12 heavy (non-hydrogen) atoms. The summed E-state index contributed by atoms with van der Waals surface area (Å²) in [5.74, 6) is 0. The first kappa shape index (κ1) is 9.52. The highest BCUT2D eigenvalue weighted by Gasteiger charge is 2.34. The molecule has 0 amide bonds. The third kappa shape index (κ3) is 1.97. The maximum Gasteiger partial charge on any atom is 0.102 e. The van der Waals surface area contributed by atoms with Crippen LogP contribution in [0.2, 0.25) is 0 Å². The van der Waals surface area contributed by atoms with Crippen molar-refractivity contribution in [2.75, 3.05) is 6.54 Å². The monoisotopic (exact) mass is 169 g/mol. The van der Waals surface area contributed by atoms with Crippen molar-refractivity contribution in [3.05, 3.63) is 0 Å². The van der Waals surface area contributed by atoms with Crippen molar-refractivity contribution in [2.24, 2.45) is 5.10 Å². The zero-order chi connectivity index (χ0) is 9.35. The van der Waals surface area contributed by atoms with Gasteiger partial charge in [-0.15, -0.1) is 0 Å². The molecule has 1 aliphatic heterocycles. The van der Waals surface area contributed by atoms with Gasteiger partial charge in [-0.3, -0.25) is 10.3 Å². The first-order valence-electron chi connectivity index (χ1n) is 4.49. The van der Waals surface area contributed by atoms with E-state index in [-0.39, 0.29) is 5.66 Å². The summed E-state index contributed by atoms with van der Waals surface area (Å²) >= 11 is 0. The molecule has 1 atom stereocenters. The molecule has 70 valence electrons. The van der Waals surface area contributed by atoms with Crippen LogP contribution in [-0.2, 0) is 0 Å². The minimum atomic E-state index is 0.0106. The van der Waals surface area contributed by atoms with Crippen LogP contribution in [0.3, 0.4) is 0 Å². The van der Waals surface area contributed by atoms with Gasteiger partial charge < -0.3 is 0 Å². The molecule has 0 radical (unpaired) electrons. The molecule has 3 nitrogen and oxygen atoms in total. The first-order valence-corrected chi connectivity index (χ1v) is 4.49. The van der Waals surface area contributed by atoms with Crippen LogP contribution in [-0.4, -0.2) is 29.0 Å². The van der Waals surface area contributed by atoms with Crippen molar-refractivity contribution in [1.29, 1.82) is 0 Å². The van der Waals surface area contributed by atoms with Crippen molar-refractivity contribution in [3.8, 4) is 0 Å². The van der Waals surface area contributed by atoms with Gasteiger partial charge >= 0.3 is 0 Å². The fourth-order valence-corrected chi connectivity index (χ4v) is 1.62. The Morgan fingerprint density at radius 3 is 2.42 bits per heavy atom. The van der Waals surface area contributed by atoms with Gasteiger partial charge in [0.1, 0.15) is 5.66 Å². The fourth-order valence-electron chi connectivity index (χ4n) is 1.62. The Morgan fingerprint density at radius 2 is 2.08 bits per heavy atom. The van der Waals surface area contributed by atoms with Gasteiger partial charge in [0.2, 0.25) is 0 Å². The molecule has 1 heterocycles. The summed E-state index contributed by atoms with van der Waals surface area (Å²) in [4.78, 5) is 0. The average molecular weight is 169 g/mol. The van der Waals surface area contributed by atoms with Crippen LogP contribution < -0.4 is 5.32 Å². The predicted molar refractivity (Wildman–Crippen MR) is 52.2 cm³/mol. The summed E-state index contributed by atoms with van der Waals surface area (Å²) in [7, 11) is 0. The Bertz CT molecular complexity index is 192. The smallest absolute Gasteiger partial charge is 0.102 e. The molecule has 0 spiro atoms. The maximum atomic E-state index is 4.47. The number of nitrogens with one attached hydrogen (secondary N) is 1. The molecular weight excluding hydrogens is 150 g/mol. The molecule has 0 bridgehead atoms. The highest BCUT2D eigenvalue weighted by atomic mass is 15.6. The minimum absolute atomic E-state index is 0.0106. The Kier molecular flexibility index (Phi) is 2.42. The standard InChI is InChI=1S/C9H19N3/c1-7(2)11-12-6-8(3)10-9(12,4)5/h8,10H,6H2,1-5H3. The molecule has 3 heteroatoms. The van der Waals surface area contributed by atoms with Crippen molar-refractivity contribution < 1.29 is 0 Å². The van der Waals surface area contributed by atoms with Crippen molar-refractivity contribution in [1.82, 2.24) is 10.3 Å². The quantitative estimate of drug-likeness (QED) is 0.601. The van der Waals surface area contributed by atoms with Crippen LogP contribution in [0.5, 0.6) is 0 Å². The maximum absolute atomic E-state index is 4.47. The predicted octanol–water partition coefficient (Wildman–Crippen LogP) is 1.41. The van der Waals surface area contributed by atoms with E-state index < -0.39 is 0 Å². The Balaban J connectivity index is 2.72. The largest absolute Gasteiger partial charge is 0.290 e. The van der Waals surface area contributed by atoms with Crippen LogP contribution in [0.25, 0.3) is 0 Å². The Morgan fingerprint density at radius 1 is 1.50 bits per heavy atom. The van der Waals surface area contributed by atoms with E-state index in [2.05, 4.69) is 36.2 Å². The summed E-state index contributed by atoms with van der Waals surface area (Å²) in [6.07, 6.45) is 0. The van der Waals surface area contributed by atoms with Crippen LogP contribution in [0.4, 0.5) is 0 Å². The number of hydrogen-bond acceptors (Lipinski definition) is 3. The molecule has 1 saturated heterocycles. The summed E-state index contributed by atoms with van der Waals surface area (Å²) in [6, 6.07) is 0.531. The van der Waals surface area contributed by atoms with E-state index in [4.69, 9.17) is 0 Å². The van der Waals surface area contributed by atoms with Gasteiger partial charge in [0.25, 0.3) is 0 Å². The zero-order valence-electron chi connectivity index (χ0n) is 8.68. The van der Waals surface area contributed by atoms with Gasteiger partial charge in [-0.05, 0) is 34.6 Å². The summed E-state index contributed by atoms with van der Waals surface area (Å²) < 4.78 is 0. The lowest BCUT2D eigenvalue weighted by Gasteiger charge is -2.28. The zero-order valence-corrected chi connectivity index (χ0v) is 8.68. The van der Waals surface area contributed by atoms with Gasteiger partial charge in [0.15, 0.2) is 0 Å². The van der Waals surface area contributed by atoms with Crippen LogP contribution in [0, 0.1) is 0 Å². The number of hydrazone groups is 1. The lowest BCUT2D eigenvalue weighted by Crippen LogP contribution is -2.44. The van der Waals surface area contributed by atoms with E-state index >= 15 is 0 Å². The van der Waals surface area contributed by atoms with E-state index in [0.29, 0.717) is 6.04 Å². The molecule has 1 unspecified atom stereocenters. The Labute approximate surface area is 74.8 Å². The molecule has 1 fully saturated rings. The van der Waals surface area contributed by atoms with Gasteiger partial charge in [0.05, 0.1) is 6.54 Å². The van der Waals surface area contributed by atoms with E-state index in [1.807, 2.05) is 13.8 Å². The molecule has 0 aromatic rings. The lowest BCUT2D eigenvalue weighted by atomic mass is 10.2. The van der Waals surface area contributed by atoms with Crippen molar-refractivity contribution >= 4 is 5.71 Å². The van der Waals surface area contributed by atoms with E-state index in [9.17, 15) is 0 Å². The van der Waals surface area contributed by atoms with Gasteiger partial charge in [0, 0.05) is 11.8 Å². The second-order valence-corrected chi connectivity index (χ2v) is 4.23. The normalized spacial score (nSPS) is 27.4. The molecule has 0 aromatic heterocycles. The summed E-state index contributed by atoms with van der Waals surface area (Å²) in [6.45, 7) is 11.5. The van der Waals surface area contributed by atoms with Crippen LogP contribution in [0.1, 0.15) is 34.6 Å². The van der Waals surface area contributed by atoms with Gasteiger partial charge in [-0.2, -0.15) is 5.10 Å². The van der Waals surface area contributed by atoms with E-state index in [0.717, 1.165) is 12.3 Å². The molecular formula is C9H19N3. The Hall–Kier alpha value is -0.570. The summed E-state index contributed by atoms with van der Waals surface area (Å²) in [5, 5.41) is 10.1.